The molecule has 2 fully saturated rings. The van der Waals surface area contributed by atoms with Gasteiger partial charge in [-0.2, -0.15) is 11.8 Å². The molecule has 0 radical (unpaired) electrons. The van der Waals surface area contributed by atoms with Crippen LogP contribution >= 0.6 is 11.8 Å². The summed E-state index contributed by atoms with van der Waals surface area (Å²) in [5.74, 6) is 4.39. The van der Waals surface area contributed by atoms with E-state index in [0.717, 1.165) is 23.8 Å². The van der Waals surface area contributed by atoms with E-state index in [2.05, 4.69) is 41.3 Å². The zero-order valence-corrected chi connectivity index (χ0v) is 12.4. The van der Waals surface area contributed by atoms with Gasteiger partial charge in [-0.15, -0.1) is 0 Å². The normalized spacial score (nSPS) is 27.8. The highest BCUT2D eigenvalue weighted by Gasteiger charge is 2.31. The Balaban J connectivity index is 1.46. The Kier molecular flexibility index (Phi) is 4.34. The van der Waals surface area contributed by atoms with E-state index in [0.29, 0.717) is 0 Å². The maximum absolute atomic E-state index is 5.21. The molecule has 0 aromatic heterocycles. The molecule has 2 nitrogen and oxygen atoms in total. The van der Waals surface area contributed by atoms with Crippen LogP contribution in [0.3, 0.4) is 0 Å². The van der Waals surface area contributed by atoms with Gasteiger partial charge in [0.1, 0.15) is 5.75 Å². The van der Waals surface area contributed by atoms with E-state index in [1.807, 2.05) is 0 Å². The third-order valence-corrected chi connectivity index (χ3v) is 5.47. The summed E-state index contributed by atoms with van der Waals surface area (Å²) in [5.41, 5.74) is 1.47. The van der Waals surface area contributed by atoms with Gasteiger partial charge in [0.25, 0.3) is 0 Å². The van der Waals surface area contributed by atoms with Gasteiger partial charge in [0.2, 0.25) is 0 Å². The number of hydrogen-bond acceptors (Lipinski definition) is 3. The van der Waals surface area contributed by atoms with E-state index in [9.17, 15) is 0 Å². The average molecular weight is 277 g/mol. The molecule has 3 rings (SSSR count). The van der Waals surface area contributed by atoms with Crippen molar-refractivity contribution in [1.82, 2.24) is 5.32 Å². The van der Waals surface area contributed by atoms with Crippen LogP contribution in [0.5, 0.6) is 5.75 Å². The first-order chi connectivity index (χ1) is 9.35. The van der Waals surface area contributed by atoms with Crippen LogP contribution in [-0.4, -0.2) is 30.7 Å². The van der Waals surface area contributed by atoms with E-state index in [1.165, 1.54) is 42.8 Å². The molecule has 1 aliphatic heterocycles. The number of rotatable bonds is 4. The van der Waals surface area contributed by atoms with Crippen molar-refractivity contribution in [2.75, 3.05) is 18.6 Å². The molecule has 0 spiro atoms. The molecule has 1 saturated carbocycles. The first-order valence-electron chi connectivity index (χ1n) is 7.33. The van der Waals surface area contributed by atoms with Gasteiger partial charge in [-0.1, -0.05) is 12.1 Å². The van der Waals surface area contributed by atoms with Crippen molar-refractivity contribution in [2.45, 2.75) is 43.7 Å². The zero-order chi connectivity index (χ0) is 13.1. The van der Waals surface area contributed by atoms with Crippen LogP contribution in [-0.2, 0) is 0 Å². The van der Waals surface area contributed by atoms with E-state index in [-0.39, 0.29) is 0 Å². The Morgan fingerprint density at radius 3 is 2.37 bits per heavy atom. The van der Waals surface area contributed by atoms with Crippen LogP contribution < -0.4 is 10.1 Å². The van der Waals surface area contributed by atoms with Crippen molar-refractivity contribution < 1.29 is 4.74 Å². The summed E-state index contributed by atoms with van der Waals surface area (Å²) in [6.07, 6.45) is 5.31. The standard InChI is InChI=1S/C16H23NOS/c1-18-16-4-2-12(3-5-16)13-10-15(11-13)17-14-6-8-19-9-7-14/h2-5,13-15,17H,6-11H2,1H3. The van der Waals surface area contributed by atoms with Gasteiger partial charge in [0.05, 0.1) is 7.11 Å². The summed E-state index contributed by atoms with van der Waals surface area (Å²) >= 11 is 2.10. The summed E-state index contributed by atoms with van der Waals surface area (Å²) in [6, 6.07) is 10.1. The minimum absolute atomic E-state index is 0.750. The SMILES string of the molecule is COc1ccc(C2CC(NC3CCSCC3)C2)cc1. The number of methoxy groups -OCH3 is 1. The van der Waals surface area contributed by atoms with Gasteiger partial charge in [-0.3, -0.25) is 0 Å². The second-order valence-corrected chi connectivity index (χ2v) is 6.92. The molecule has 1 aliphatic carbocycles. The molecular weight excluding hydrogens is 254 g/mol. The molecule has 1 N–H and O–H groups in total. The number of hydrogen-bond donors (Lipinski definition) is 1. The lowest BCUT2D eigenvalue weighted by Gasteiger charge is -2.39. The number of ether oxygens (including phenoxy) is 1. The van der Waals surface area contributed by atoms with Gasteiger partial charge in [0, 0.05) is 12.1 Å². The van der Waals surface area contributed by atoms with Crippen molar-refractivity contribution in [3.05, 3.63) is 29.8 Å². The second-order valence-electron chi connectivity index (χ2n) is 5.69. The average Bonchev–Trinajstić information content (AvgIpc) is 2.44. The van der Waals surface area contributed by atoms with Crippen molar-refractivity contribution in [3.8, 4) is 5.75 Å². The van der Waals surface area contributed by atoms with Crippen molar-refractivity contribution in [3.63, 3.8) is 0 Å². The van der Waals surface area contributed by atoms with E-state index < -0.39 is 0 Å². The lowest BCUT2D eigenvalue weighted by atomic mass is 9.75. The highest BCUT2D eigenvalue weighted by Crippen LogP contribution is 2.38. The van der Waals surface area contributed by atoms with Gasteiger partial charge < -0.3 is 10.1 Å². The molecule has 1 aromatic carbocycles. The highest BCUT2D eigenvalue weighted by molar-refractivity contribution is 7.99. The molecule has 0 atom stereocenters. The van der Waals surface area contributed by atoms with Crippen molar-refractivity contribution >= 4 is 11.8 Å². The topological polar surface area (TPSA) is 21.3 Å². The molecule has 104 valence electrons. The molecule has 1 heterocycles. The first-order valence-corrected chi connectivity index (χ1v) is 8.48. The lowest BCUT2D eigenvalue weighted by Crippen LogP contribution is -2.46. The summed E-state index contributed by atoms with van der Waals surface area (Å²) in [6.45, 7) is 0. The van der Waals surface area contributed by atoms with Crippen LogP contribution in [0.2, 0.25) is 0 Å². The Labute approximate surface area is 120 Å². The Morgan fingerprint density at radius 1 is 1.05 bits per heavy atom. The lowest BCUT2D eigenvalue weighted by molar-refractivity contribution is 0.258. The molecule has 0 amide bonds. The number of benzene rings is 1. The first kappa shape index (κ1) is 13.3. The van der Waals surface area contributed by atoms with E-state index in [4.69, 9.17) is 4.74 Å². The Bertz CT molecular complexity index is 394. The molecule has 3 heteroatoms. The molecule has 0 bridgehead atoms. The van der Waals surface area contributed by atoms with Gasteiger partial charge in [0.15, 0.2) is 0 Å². The molecule has 0 unspecified atom stereocenters. The fraction of sp³-hybridized carbons (Fsp3) is 0.625. The molecule has 1 aromatic rings. The fourth-order valence-corrected chi connectivity index (χ4v) is 4.21. The number of thioether (sulfide) groups is 1. The van der Waals surface area contributed by atoms with Crippen LogP contribution in [0.25, 0.3) is 0 Å². The van der Waals surface area contributed by atoms with Crippen molar-refractivity contribution in [2.24, 2.45) is 0 Å². The Hall–Kier alpha value is -0.670. The third kappa shape index (κ3) is 3.26. The van der Waals surface area contributed by atoms with Gasteiger partial charge >= 0.3 is 0 Å². The smallest absolute Gasteiger partial charge is 0.118 e. The summed E-state index contributed by atoms with van der Waals surface area (Å²) in [4.78, 5) is 0. The van der Waals surface area contributed by atoms with Gasteiger partial charge in [-0.25, -0.2) is 0 Å². The quantitative estimate of drug-likeness (QED) is 0.911. The molecule has 19 heavy (non-hydrogen) atoms. The molecule has 2 aliphatic rings. The van der Waals surface area contributed by atoms with Crippen molar-refractivity contribution in [1.29, 1.82) is 0 Å². The molecular formula is C16H23NOS. The maximum atomic E-state index is 5.21. The Morgan fingerprint density at radius 2 is 1.74 bits per heavy atom. The highest BCUT2D eigenvalue weighted by atomic mass is 32.2. The van der Waals surface area contributed by atoms with Crippen LogP contribution in [0.1, 0.15) is 37.2 Å². The largest absolute Gasteiger partial charge is 0.497 e. The minimum atomic E-state index is 0.750. The van der Waals surface area contributed by atoms with E-state index >= 15 is 0 Å². The summed E-state index contributed by atoms with van der Waals surface area (Å²) in [7, 11) is 1.72. The van der Waals surface area contributed by atoms with Crippen LogP contribution in [0.15, 0.2) is 24.3 Å². The van der Waals surface area contributed by atoms with E-state index in [1.54, 1.807) is 7.11 Å². The predicted molar refractivity (Wildman–Crippen MR) is 82.2 cm³/mol. The third-order valence-electron chi connectivity index (χ3n) is 4.42. The predicted octanol–water partition coefficient (Wildman–Crippen LogP) is 3.43. The summed E-state index contributed by atoms with van der Waals surface area (Å²) < 4.78 is 5.21. The second kappa shape index (κ2) is 6.19. The van der Waals surface area contributed by atoms with Crippen LogP contribution in [0.4, 0.5) is 0 Å². The molecule has 1 saturated heterocycles. The van der Waals surface area contributed by atoms with Crippen LogP contribution in [0, 0.1) is 0 Å². The summed E-state index contributed by atoms with van der Waals surface area (Å²) in [5, 5.41) is 3.84. The van der Waals surface area contributed by atoms with Gasteiger partial charge in [-0.05, 0) is 60.8 Å². The number of nitrogens with one attached hydrogen (secondary N) is 1. The fourth-order valence-electron chi connectivity index (χ4n) is 3.10. The monoisotopic (exact) mass is 277 g/mol. The maximum Gasteiger partial charge on any atom is 0.118 e. The minimum Gasteiger partial charge on any atom is -0.497 e. The zero-order valence-electron chi connectivity index (χ0n) is 11.6.